The number of hydrogen-bond acceptors (Lipinski definition) is 4. The van der Waals surface area contributed by atoms with Gasteiger partial charge >= 0.3 is 0 Å². The molecule has 0 spiro atoms. The van der Waals surface area contributed by atoms with Crippen LogP contribution in [0.3, 0.4) is 0 Å². The number of nitrogens with zero attached hydrogens (tertiary/aromatic N) is 1. The summed E-state index contributed by atoms with van der Waals surface area (Å²) in [6.07, 6.45) is 0.840. The molecule has 5 heteroatoms. The smallest absolute Gasteiger partial charge is 0.213 e. The topological polar surface area (TPSA) is 38.8 Å². The van der Waals surface area contributed by atoms with E-state index in [9.17, 15) is 4.79 Å². The van der Waals surface area contributed by atoms with Crippen LogP contribution in [0.25, 0.3) is 0 Å². The van der Waals surface area contributed by atoms with Crippen LogP contribution in [0.4, 0.5) is 5.69 Å². The summed E-state index contributed by atoms with van der Waals surface area (Å²) in [5.41, 5.74) is 2.62. The second-order valence-electron chi connectivity index (χ2n) is 9.06. The molecule has 0 amide bonds. The summed E-state index contributed by atoms with van der Waals surface area (Å²) in [4.78, 5) is 13.6. The maximum Gasteiger partial charge on any atom is 0.213 e. The van der Waals surface area contributed by atoms with Crippen LogP contribution >= 0.6 is 0 Å². The Morgan fingerprint density at radius 3 is 2.22 bits per heavy atom. The zero-order valence-corrected chi connectivity index (χ0v) is 20.6. The molecule has 0 aromatic heterocycles. The van der Waals surface area contributed by atoms with E-state index in [1.165, 1.54) is 5.19 Å². The number of carbonyl (C=O) groups excluding carboxylic acids is 1. The van der Waals surface area contributed by atoms with Gasteiger partial charge in [0.05, 0.1) is 12.2 Å². The Labute approximate surface area is 193 Å². The lowest BCUT2D eigenvalue weighted by molar-refractivity contribution is 0.111. The van der Waals surface area contributed by atoms with E-state index in [0.717, 1.165) is 24.1 Å². The third kappa shape index (κ3) is 6.55. The van der Waals surface area contributed by atoms with Gasteiger partial charge in [0, 0.05) is 25.3 Å². The van der Waals surface area contributed by atoms with E-state index >= 15 is 0 Å². The summed E-state index contributed by atoms with van der Waals surface area (Å²) in [6.45, 7) is 8.60. The lowest BCUT2D eigenvalue weighted by atomic mass is 10.2. The van der Waals surface area contributed by atoms with Gasteiger partial charge in [0.1, 0.15) is 12.4 Å². The Balaban J connectivity index is 1.64. The van der Waals surface area contributed by atoms with E-state index < -0.39 is 9.04 Å². The molecule has 0 fully saturated rings. The van der Waals surface area contributed by atoms with E-state index in [-0.39, 0.29) is 5.04 Å². The first-order valence-corrected chi connectivity index (χ1v) is 12.6. The summed E-state index contributed by atoms with van der Waals surface area (Å²) >= 11 is 0. The Morgan fingerprint density at radius 1 is 0.938 bits per heavy atom. The quantitative estimate of drug-likeness (QED) is 0.325. The van der Waals surface area contributed by atoms with Crippen molar-refractivity contribution in [3.8, 4) is 5.75 Å². The van der Waals surface area contributed by atoms with Gasteiger partial charge in [0.25, 0.3) is 0 Å². The molecule has 168 valence electrons. The molecule has 32 heavy (non-hydrogen) atoms. The lowest BCUT2D eigenvalue weighted by Gasteiger charge is -2.30. The summed E-state index contributed by atoms with van der Waals surface area (Å²) in [5.74, 6) is 0.598. The number of rotatable bonds is 10. The molecule has 3 rings (SSSR count). The number of carbonyl (C=O) groups is 1. The Bertz CT molecular complexity index is 987. The van der Waals surface area contributed by atoms with Crippen molar-refractivity contribution in [1.82, 2.24) is 0 Å². The fourth-order valence-corrected chi connectivity index (χ4v) is 6.23. The Morgan fingerprint density at radius 2 is 1.59 bits per heavy atom. The SMILES string of the molecule is CN(CCO[SiH](c1ccccc1)C(C)(C)C)c1ccc(C=O)c(OCc2ccccc2)c1. The van der Waals surface area contributed by atoms with Gasteiger partial charge < -0.3 is 14.1 Å². The molecule has 1 atom stereocenters. The van der Waals surface area contributed by atoms with Crippen molar-refractivity contribution >= 4 is 26.2 Å². The van der Waals surface area contributed by atoms with Gasteiger partial charge in [-0.05, 0) is 27.9 Å². The average Bonchev–Trinajstić information content (AvgIpc) is 2.80. The van der Waals surface area contributed by atoms with Crippen LogP contribution in [0.15, 0.2) is 78.9 Å². The molecule has 0 aliphatic carbocycles. The molecule has 1 unspecified atom stereocenters. The monoisotopic (exact) mass is 447 g/mol. The molecule has 0 saturated heterocycles. The number of aldehydes is 1. The van der Waals surface area contributed by atoms with Crippen molar-refractivity contribution in [1.29, 1.82) is 0 Å². The molecule has 3 aromatic carbocycles. The van der Waals surface area contributed by atoms with Crippen molar-refractivity contribution in [2.24, 2.45) is 0 Å². The highest BCUT2D eigenvalue weighted by Crippen LogP contribution is 2.28. The third-order valence-corrected chi connectivity index (χ3v) is 8.53. The molecule has 4 nitrogen and oxygen atoms in total. The molecule has 3 aromatic rings. The number of benzene rings is 3. The largest absolute Gasteiger partial charge is 0.488 e. The van der Waals surface area contributed by atoms with Crippen LogP contribution in [0.5, 0.6) is 5.75 Å². The number of anilines is 1. The van der Waals surface area contributed by atoms with Crippen LogP contribution in [-0.4, -0.2) is 35.5 Å². The lowest BCUT2D eigenvalue weighted by Crippen LogP contribution is -2.43. The summed E-state index contributed by atoms with van der Waals surface area (Å²) < 4.78 is 12.4. The third-order valence-electron chi connectivity index (χ3n) is 5.40. The number of likely N-dealkylation sites (N-methyl/N-ethyl adjacent to an activating group) is 1. The first-order chi connectivity index (χ1) is 15.4. The molecule has 0 aliphatic heterocycles. The van der Waals surface area contributed by atoms with Crippen LogP contribution < -0.4 is 14.8 Å². The van der Waals surface area contributed by atoms with Gasteiger partial charge in [-0.15, -0.1) is 0 Å². The maximum absolute atomic E-state index is 11.5. The fraction of sp³-hybridized carbons (Fsp3) is 0.296. The molecule has 0 aliphatic rings. The average molecular weight is 448 g/mol. The second-order valence-corrected chi connectivity index (χ2v) is 12.6. The maximum atomic E-state index is 11.5. The van der Waals surface area contributed by atoms with E-state index in [2.05, 4.69) is 49.9 Å². The minimum absolute atomic E-state index is 0.129. The zero-order valence-electron chi connectivity index (χ0n) is 19.5. The number of ether oxygens (including phenoxy) is 1. The summed E-state index contributed by atoms with van der Waals surface area (Å²) in [6, 6.07) is 26.2. The normalized spacial score (nSPS) is 12.2. The van der Waals surface area contributed by atoms with E-state index in [4.69, 9.17) is 9.16 Å². The van der Waals surface area contributed by atoms with Crippen molar-refractivity contribution in [2.45, 2.75) is 32.4 Å². The molecule has 0 N–H and O–H groups in total. The van der Waals surface area contributed by atoms with Crippen LogP contribution in [0.2, 0.25) is 5.04 Å². The summed E-state index contributed by atoms with van der Waals surface area (Å²) in [7, 11) is 0.438. The minimum Gasteiger partial charge on any atom is -0.488 e. The van der Waals surface area contributed by atoms with E-state index in [1.54, 1.807) is 0 Å². The van der Waals surface area contributed by atoms with E-state index in [0.29, 0.717) is 24.5 Å². The van der Waals surface area contributed by atoms with Gasteiger partial charge in [0.15, 0.2) is 6.29 Å². The van der Waals surface area contributed by atoms with Crippen molar-refractivity contribution in [3.05, 3.63) is 90.0 Å². The highest BCUT2D eigenvalue weighted by molar-refractivity contribution is 6.70. The van der Waals surface area contributed by atoms with Crippen molar-refractivity contribution < 1.29 is 14.0 Å². The van der Waals surface area contributed by atoms with Gasteiger partial charge in [-0.2, -0.15) is 0 Å². The Kier molecular flexibility index (Phi) is 8.25. The first-order valence-electron chi connectivity index (χ1n) is 11.0. The fourth-order valence-electron chi connectivity index (χ4n) is 3.63. The van der Waals surface area contributed by atoms with Gasteiger partial charge in [-0.25, -0.2) is 0 Å². The predicted octanol–water partition coefficient (Wildman–Crippen LogP) is 4.96. The zero-order chi connectivity index (χ0) is 23.0. The molecule has 0 heterocycles. The van der Waals surface area contributed by atoms with Crippen LogP contribution in [0, 0.1) is 0 Å². The summed E-state index contributed by atoms with van der Waals surface area (Å²) in [5, 5.41) is 1.46. The Hall–Kier alpha value is -2.89. The van der Waals surface area contributed by atoms with Gasteiger partial charge in [-0.1, -0.05) is 81.4 Å². The standard InChI is InChI=1S/C27H33NO3Si/c1-27(2,3)32(25-13-9-6-10-14-25)31-18-17-28(4)24-16-15-23(20-29)26(19-24)30-21-22-11-7-5-8-12-22/h5-16,19-20,32H,17-18,21H2,1-4H3. The first kappa shape index (κ1) is 23.8. The predicted molar refractivity (Wildman–Crippen MR) is 135 cm³/mol. The molecule has 0 radical (unpaired) electrons. The molecule has 0 saturated carbocycles. The highest BCUT2D eigenvalue weighted by Gasteiger charge is 2.29. The number of hydrogen-bond donors (Lipinski definition) is 0. The van der Waals surface area contributed by atoms with Gasteiger partial charge in [0.2, 0.25) is 9.04 Å². The van der Waals surface area contributed by atoms with Crippen molar-refractivity contribution in [3.63, 3.8) is 0 Å². The minimum atomic E-state index is -1.60. The second kappa shape index (κ2) is 11.1. The van der Waals surface area contributed by atoms with Gasteiger partial charge in [-0.3, -0.25) is 4.79 Å². The molecular weight excluding hydrogens is 414 g/mol. The van der Waals surface area contributed by atoms with Crippen LogP contribution in [-0.2, 0) is 11.0 Å². The van der Waals surface area contributed by atoms with Crippen molar-refractivity contribution in [2.75, 3.05) is 25.1 Å². The van der Waals surface area contributed by atoms with Crippen LogP contribution in [0.1, 0.15) is 36.7 Å². The molecular formula is C27H33NO3Si. The highest BCUT2D eigenvalue weighted by atomic mass is 28.3. The van der Waals surface area contributed by atoms with E-state index in [1.807, 2.05) is 61.6 Å². The molecule has 0 bridgehead atoms.